The van der Waals surface area contributed by atoms with E-state index in [0.717, 1.165) is 12.0 Å². The van der Waals surface area contributed by atoms with Crippen molar-refractivity contribution in [2.45, 2.75) is 52.5 Å². The van der Waals surface area contributed by atoms with Crippen LogP contribution in [0.1, 0.15) is 55.1 Å². The van der Waals surface area contributed by atoms with Gasteiger partial charge in [0.2, 0.25) is 0 Å². The van der Waals surface area contributed by atoms with Gasteiger partial charge in [0, 0.05) is 11.6 Å². The summed E-state index contributed by atoms with van der Waals surface area (Å²) in [6, 6.07) is 6.39. The van der Waals surface area contributed by atoms with Gasteiger partial charge in [-0.25, -0.2) is 0 Å². The molecule has 1 aliphatic rings. The first-order valence-electron chi connectivity index (χ1n) is 7.00. The summed E-state index contributed by atoms with van der Waals surface area (Å²) in [5.74, 6) is 0.524. The Labute approximate surface area is 110 Å². The zero-order chi connectivity index (χ0) is 13.1. The Morgan fingerprint density at radius 3 is 2.44 bits per heavy atom. The van der Waals surface area contributed by atoms with E-state index in [1.165, 1.54) is 30.4 Å². The van der Waals surface area contributed by atoms with Crippen molar-refractivity contribution in [1.29, 1.82) is 0 Å². The molecule has 1 aromatic rings. The SMILES string of the molecule is CC(C)[C@@H](C)NC(=O)c1ccc2c(c1)CCCC2. The van der Waals surface area contributed by atoms with Crippen LogP contribution in [-0.4, -0.2) is 11.9 Å². The van der Waals surface area contributed by atoms with Gasteiger partial charge in [-0.3, -0.25) is 4.79 Å². The molecule has 0 bridgehead atoms. The molecule has 2 nitrogen and oxygen atoms in total. The second-order valence-corrected chi connectivity index (χ2v) is 5.70. The summed E-state index contributed by atoms with van der Waals surface area (Å²) in [5.41, 5.74) is 3.60. The van der Waals surface area contributed by atoms with Gasteiger partial charge in [-0.05, 0) is 61.8 Å². The average molecular weight is 245 g/mol. The van der Waals surface area contributed by atoms with E-state index in [4.69, 9.17) is 0 Å². The summed E-state index contributed by atoms with van der Waals surface area (Å²) in [7, 11) is 0. The van der Waals surface area contributed by atoms with Crippen molar-refractivity contribution in [2.75, 3.05) is 0 Å². The molecule has 18 heavy (non-hydrogen) atoms. The summed E-state index contributed by atoms with van der Waals surface area (Å²) in [5, 5.41) is 3.06. The molecule has 1 aliphatic carbocycles. The zero-order valence-electron chi connectivity index (χ0n) is 11.6. The molecular weight excluding hydrogens is 222 g/mol. The Bertz CT molecular complexity index is 437. The number of hydrogen-bond acceptors (Lipinski definition) is 1. The van der Waals surface area contributed by atoms with Gasteiger partial charge >= 0.3 is 0 Å². The van der Waals surface area contributed by atoms with Crippen LogP contribution in [0.5, 0.6) is 0 Å². The molecule has 0 saturated carbocycles. The van der Waals surface area contributed by atoms with Crippen LogP contribution in [0.4, 0.5) is 0 Å². The molecule has 1 N–H and O–H groups in total. The van der Waals surface area contributed by atoms with Crippen molar-refractivity contribution in [2.24, 2.45) is 5.92 Å². The van der Waals surface area contributed by atoms with E-state index in [0.29, 0.717) is 5.92 Å². The molecule has 1 aromatic carbocycles. The van der Waals surface area contributed by atoms with Crippen LogP contribution >= 0.6 is 0 Å². The largest absolute Gasteiger partial charge is 0.349 e. The lowest BCUT2D eigenvalue weighted by Gasteiger charge is -2.19. The quantitative estimate of drug-likeness (QED) is 0.869. The minimum Gasteiger partial charge on any atom is -0.349 e. The van der Waals surface area contributed by atoms with Crippen molar-refractivity contribution in [3.8, 4) is 0 Å². The number of amides is 1. The van der Waals surface area contributed by atoms with E-state index in [2.05, 4.69) is 38.2 Å². The minimum atomic E-state index is 0.0598. The van der Waals surface area contributed by atoms with Crippen LogP contribution in [0.2, 0.25) is 0 Å². The average Bonchev–Trinajstić information content (AvgIpc) is 2.37. The zero-order valence-corrected chi connectivity index (χ0v) is 11.6. The van der Waals surface area contributed by atoms with E-state index in [9.17, 15) is 4.79 Å². The molecule has 0 fully saturated rings. The highest BCUT2D eigenvalue weighted by Crippen LogP contribution is 2.22. The van der Waals surface area contributed by atoms with Crippen molar-refractivity contribution >= 4 is 5.91 Å². The summed E-state index contributed by atoms with van der Waals surface area (Å²) >= 11 is 0. The highest BCUT2D eigenvalue weighted by molar-refractivity contribution is 5.94. The molecule has 2 rings (SSSR count). The summed E-state index contributed by atoms with van der Waals surface area (Å²) in [4.78, 5) is 12.1. The molecule has 0 radical (unpaired) electrons. The van der Waals surface area contributed by atoms with Crippen LogP contribution in [0.15, 0.2) is 18.2 Å². The monoisotopic (exact) mass is 245 g/mol. The van der Waals surface area contributed by atoms with E-state index in [1.54, 1.807) is 0 Å². The fraction of sp³-hybridized carbons (Fsp3) is 0.562. The lowest BCUT2D eigenvalue weighted by atomic mass is 9.90. The summed E-state index contributed by atoms with van der Waals surface area (Å²) in [6.45, 7) is 6.30. The van der Waals surface area contributed by atoms with Crippen LogP contribution in [-0.2, 0) is 12.8 Å². The van der Waals surface area contributed by atoms with Gasteiger partial charge in [0.05, 0.1) is 0 Å². The van der Waals surface area contributed by atoms with Crippen molar-refractivity contribution in [1.82, 2.24) is 5.32 Å². The standard InChI is InChI=1S/C16H23NO/c1-11(2)12(3)17-16(18)15-9-8-13-6-4-5-7-14(13)10-15/h8-12H,4-7H2,1-3H3,(H,17,18)/t12-/m1/s1. The molecule has 98 valence electrons. The maximum atomic E-state index is 12.1. The normalized spacial score (nSPS) is 16.2. The molecule has 0 aromatic heterocycles. The molecule has 1 amide bonds. The van der Waals surface area contributed by atoms with Crippen molar-refractivity contribution < 1.29 is 4.79 Å². The van der Waals surface area contributed by atoms with E-state index in [-0.39, 0.29) is 11.9 Å². The second kappa shape index (κ2) is 5.55. The first-order valence-corrected chi connectivity index (χ1v) is 7.00. The smallest absolute Gasteiger partial charge is 0.251 e. The van der Waals surface area contributed by atoms with Crippen LogP contribution in [0, 0.1) is 5.92 Å². The maximum Gasteiger partial charge on any atom is 0.251 e. The Balaban J connectivity index is 2.11. The van der Waals surface area contributed by atoms with Gasteiger partial charge in [-0.15, -0.1) is 0 Å². The number of benzene rings is 1. The fourth-order valence-corrected chi connectivity index (χ4v) is 2.33. The third-order valence-corrected chi connectivity index (χ3v) is 3.97. The Morgan fingerprint density at radius 2 is 1.78 bits per heavy atom. The third-order valence-electron chi connectivity index (χ3n) is 3.97. The number of rotatable bonds is 3. The lowest BCUT2D eigenvalue weighted by molar-refractivity contribution is 0.0930. The molecule has 0 aliphatic heterocycles. The predicted octanol–water partition coefficient (Wildman–Crippen LogP) is 3.34. The molecule has 0 spiro atoms. The maximum absolute atomic E-state index is 12.1. The van der Waals surface area contributed by atoms with Gasteiger partial charge < -0.3 is 5.32 Å². The first kappa shape index (κ1) is 13.1. The number of nitrogens with one attached hydrogen (secondary N) is 1. The van der Waals surface area contributed by atoms with Crippen LogP contribution in [0.25, 0.3) is 0 Å². The van der Waals surface area contributed by atoms with Gasteiger partial charge in [-0.2, -0.15) is 0 Å². The van der Waals surface area contributed by atoms with Gasteiger partial charge in [-0.1, -0.05) is 19.9 Å². The van der Waals surface area contributed by atoms with E-state index in [1.807, 2.05) is 6.07 Å². The van der Waals surface area contributed by atoms with Crippen molar-refractivity contribution in [3.05, 3.63) is 34.9 Å². The fourth-order valence-electron chi connectivity index (χ4n) is 2.33. The van der Waals surface area contributed by atoms with E-state index >= 15 is 0 Å². The van der Waals surface area contributed by atoms with E-state index < -0.39 is 0 Å². The molecule has 0 unspecified atom stereocenters. The Morgan fingerprint density at radius 1 is 1.11 bits per heavy atom. The van der Waals surface area contributed by atoms with Crippen LogP contribution in [0.3, 0.4) is 0 Å². The first-order chi connectivity index (χ1) is 8.58. The predicted molar refractivity (Wildman–Crippen MR) is 74.9 cm³/mol. The highest BCUT2D eigenvalue weighted by atomic mass is 16.1. The number of fused-ring (bicyclic) bond motifs is 1. The minimum absolute atomic E-state index is 0.0598. The number of carbonyl (C=O) groups is 1. The Kier molecular flexibility index (Phi) is 4.05. The number of aryl methyl sites for hydroxylation is 2. The summed E-state index contributed by atoms with van der Waals surface area (Å²) in [6.07, 6.45) is 4.82. The molecule has 2 heteroatoms. The Hall–Kier alpha value is -1.31. The molecular formula is C16H23NO. The number of carbonyl (C=O) groups excluding carboxylic acids is 1. The second-order valence-electron chi connectivity index (χ2n) is 5.70. The third kappa shape index (κ3) is 2.92. The van der Waals surface area contributed by atoms with Gasteiger partial charge in [0.1, 0.15) is 0 Å². The molecule has 0 heterocycles. The molecule has 0 saturated heterocycles. The topological polar surface area (TPSA) is 29.1 Å². The van der Waals surface area contributed by atoms with Crippen molar-refractivity contribution in [3.63, 3.8) is 0 Å². The van der Waals surface area contributed by atoms with Gasteiger partial charge in [0.25, 0.3) is 5.91 Å². The molecule has 1 atom stereocenters. The highest BCUT2D eigenvalue weighted by Gasteiger charge is 2.15. The number of hydrogen-bond donors (Lipinski definition) is 1. The summed E-state index contributed by atoms with van der Waals surface area (Å²) < 4.78 is 0. The van der Waals surface area contributed by atoms with Gasteiger partial charge in [0.15, 0.2) is 0 Å². The lowest BCUT2D eigenvalue weighted by Crippen LogP contribution is -2.36. The van der Waals surface area contributed by atoms with Crippen LogP contribution < -0.4 is 5.32 Å².